The van der Waals surface area contributed by atoms with Crippen molar-refractivity contribution in [2.24, 2.45) is 0 Å². The quantitative estimate of drug-likeness (QED) is 0.877. The molecule has 0 radical (unpaired) electrons. The largest absolute Gasteiger partial charge is 0.334 e. The number of benzene rings is 2. The van der Waals surface area contributed by atoms with E-state index >= 15 is 0 Å². The van der Waals surface area contributed by atoms with Gasteiger partial charge in [-0.15, -0.1) is 3.89 Å². The van der Waals surface area contributed by atoms with E-state index < -0.39 is 21.0 Å². The van der Waals surface area contributed by atoms with Crippen LogP contribution in [-0.4, -0.2) is 14.3 Å². The number of nitrogens with one attached hydrogen (secondary N) is 1. The zero-order chi connectivity index (χ0) is 15.6. The smallest absolute Gasteiger partial charge is 0.321 e. The molecule has 2 aromatic carbocycles. The molecular formula is C14H11ClFNO3S. The molecule has 0 saturated heterocycles. The first-order valence-corrected chi connectivity index (χ1v) is 7.66. The van der Waals surface area contributed by atoms with Crippen LogP contribution in [0.3, 0.4) is 0 Å². The molecule has 0 saturated carbocycles. The summed E-state index contributed by atoms with van der Waals surface area (Å²) >= 11 is 5.93. The van der Waals surface area contributed by atoms with Crippen molar-refractivity contribution in [1.82, 2.24) is 0 Å². The SMILES string of the molecule is Cc1ccc(C(=O)Nc2ccccc2S(=O)(=O)F)cc1Cl. The first kappa shape index (κ1) is 15.5. The van der Waals surface area contributed by atoms with E-state index in [4.69, 9.17) is 11.6 Å². The van der Waals surface area contributed by atoms with Crippen LogP contribution in [0.5, 0.6) is 0 Å². The third-order valence-corrected chi connectivity index (χ3v) is 4.12. The van der Waals surface area contributed by atoms with Gasteiger partial charge in [-0.2, -0.15) is 8.42 Å². The van der Waals surface area contributed by atoms with Crippen LogP contribution in [-0.2, 0) is 10.2 Å². The molecule has 110 valence electrons. The number of anilines is 1. The highest BCUT2D eigenvalue weighted by Crippen LogP contribution is 2.24. The summed E-state index contributed by atoms with van der Waals surface area (Å²) in [6.07, 6.45) is 0. The van der Waals surface area contributed by atoms with Crippen LogP contribution >= 0.6 is 11.6 Å². The Labute approximate surface area is 126 Å². The monoisotopic (exact) mass is 327 g/mol. The van der Waals surface area contributed by atoms with Crippen LogP contribution in [0.2, 0.25) is 5.02 Å². The second kappa shape index (κ2) is 5.83. The Morgan fingerprint density at radius 1 is 1.19 bits per heavy atom. The molecule has 4 nitrogen and oxygen atoms in total. The van der Waals surface area contributed by atoms with Gasteiger partial charge < -0.3 is 5.32 Å². The minimum absolute atomic E-state index is 0.123. The van der Waals surface area contributed by atoms with E-state index in [9.17, 15) is 17.1 Å². The van der Waals surface area contributed by atoms with Gasteiger partial charge in [0.25, 0.3) is 5.91 Å². The summed E-state index contributed by atoms with van der Waals surface area (Å²) in [6, 6.07) is 9.90. The summed E-state index contributed by atoms with van der Waals surface area (Å²) in [6.45, 7) is 1.79. The van der Waals surface area contributed by atoms with Crippen LogP contribution < -0.4 is 5.32 Å². The summed E-state index contributed by atoms with van der Waals surface area (Å²) in [5.74, 6) is -0.576. The Balaban J connectivity index is 2.34. The van der Waals surface area contributed by atoms with Crippen LogP contribution in [0.15, 0.2) is 47.4 Å². The third-order valence-electron chi connectivity index (χ3n) is 2.83. The topological polar surface area (TPSA) is 63.2 Å². The van der Waals surface area contributed by atoms with Gasteiger partial charge in [0.05, 0.1) is 5.69 Å². The van der Waals surface area contributed by atoms with Gasteiger partial charge >= 0.3 is 10.2 Å². The van der Waals surface area contributed by atoms with E-state index in [0.717, 1.165) is 11.6 Å². The molecule has 0 spiro atoms. The number of para-hydroxylation sites is 1. The van der Waals surface area contributed by atoms with E-state index in [-0.39, 0.29) is 11.3 Å². The first-order valence-electron chi connectivity index (χ1n) is 5.90. The van der Waals surface area contributed by atoms with Gasteiger partial charge in [-0.3, -0.25) is 4.79 Å². The maximum absolute atomic E-state index is 13.2. The van der Waals surface area contributed by atoms with Crippen LogP contribution in [0.25, 0.3) is 0 Å². The zero-order valence-corrected chi connectivity index (χ0v) is 12.5. The number of rotatable bonds is 3. The standard InChI is InChI=1S/C14H11ClFNO3S/c1-9-6-7-10(8-11(9)15)14(18)17-12-4-2-3-5-13(12)21(16,19)20/h2-8H,1H3,(H,17,18). The summed E-state index contributed by atoms with van der Waals surface area (Å²) < 4.78 is 35.2. The molecule has 0 bridgehead atoms. The summed E-state index contributed by atoms with van der Waals surface area (Å²) in [5, 5.41) is 2.77. The predicted molar refractivity (Wildman–Crippen MR) is 78.9 cm³/mol. The van der Waals surface area contributed by atoms with Crippen molar-refractivity contribution in [2.75, 3.05) is 5.32 Å². The molecule has 0 aromatic heterocycles. The van der Waals surface area contributed by atoms with Gasteiger partial charge in [0, 0.05) is 10.6 Å². The van der Waals surface area contributed by atoms with Crippen molar-refractivity contribution >= 4 is 33.4 Å². The Morgan fingerprint density at radius 3 is 2.48 bits per heavy atom. The van der Waals surface area contributed by atoms with Crippen LogP contribution in [0.1, 0.15) is 15.9 Å². The first-order chi connectivity index (χ1) is 9.79. The number of carbonyl (C=O) groups excluding carboxylic acids is 1. The number of amides is 1. The summed E-state index contributed by atoms with van der Waals surface area (Å²) in [7, 11) is -4.92. The molecule has 21 heavy (non-hydrogen) atoms. The second-order valence-corrected chi connectivity index (χ2v) is 6.07. The van der Waals surface area contributed by atoms with Crippen molar-refractivity contribution in [3.63, 3.8) is 0 Å². The van der Waals surface area contributed by atoms with E-state index in [0.29, 0.717) is 5.02 Å². The molecular weight excluding hydrogens is 317 g/mol. The van der Waals surface area contributed by atoms with E-state index in [1.165, 1.54) is 24.3 Å². The number of carbonyl (C=O) groups is 1. The fraction of sp³-hybridized carbons (Fsp3) is 0.0714. The van der Waals surface area contributed by atoms with Crippen LogP contribution in [0.4, 0.5) is 9.57 Å². The predicted octanol–water partition coefficient (Wildman–Crippen LogP) is 3.56. The average molecular weight is 328 g/mol. The van der Waals surface area contributed by atoms with Crippen molar-refractivity contribution < 1.29 is 17.1 Å². The lowest BCUT2D eigenvalue weighted by atomic mass is 10.1. The summed E-state index contributed by atoms with van der Waals surface area (Å²) in [4.78, 5) is 11.5. The second-order valence-electron chi connectivity index (χ2n) is 4.35. The molecule has 0 atom stereocenters. The number of hydrogen-bond donors (Lipinski definition) is 1. The molecule has 0 fully saturated rings. The molecule has 2 rings (SSSR count). The fourth-order valence-electron chi connectivity index (χ4n) is 1.71. The van der Waals surface area contributed by atoms with Gasteiger partial charge in [0.2, 0.25) is 0 Å². The zero-order valence-electron chi connectivity index (χ0n) is 10.9. The van der Waals surface area contributed by atoms with Gasteiger partial charge in [0.1, 0.15) is 4.90 Å². The molecule has 1 N–H and O–H groups in total. The molecule has 0 aliphatic carbocycles. The minimum atomic E-state index is -4.92. The minimum Gasteiger partial charge on any atom is -0.321 e. The number of hydrogen-bond acceptors (Lipinski definition) is 3. The van der Waals surface area contributed by atoms with Crippen molar-refractivity contribution in [1.29, 1.82) is 0 Å². The van der Waals surface area contributed by atoms with Crippen molar-refractivity contribution in [3.8, 4) is 0 Å². The van der Waals surface area contributed by atoms with Crippen molar-refractivity contribution in [2.45, 2.75) is 11.8 Å². The lowest BCUT2D eigenvalue weighted by molar-refractivity contribution is 0.102. The Morgan fingerprint density at radius 2 is 1.86 bits per heavy atom. The fourth-order valence-corrected chi connectivity index (χ4v) is 2.51. The highest BCUT2D eigenvalue weighted by molar-refractivity contribution is 7.86. The molecule has 0 heterocycles. The maximum atomic E-state index is 13.2. The Kier molecular flexibility index (Phi) is 4.29. The molecule has 0 aliphatic rings. The van der Waals surface area contributed by atoms with Gasteiger partial charge in [-0.25, -0.2) is 0 Å². The van der Waals surface area contributed by atoms with E-state index in [1.807, 2.05) is 0 Å². The van der Waals surface area contributed by atoms with Gasteiger partial charge in [-0.1, -0.05) is 29.8 Å². The number of halogens is 2. The van der Waals surface area contributed by atoms with Crippen LogP contribution in [0, 0.1) is 6.92 Å². The summed E-state index contributed by atoms with van der Waals surface area (Å²) in [5.41, 5.74) is 0.929. The highest BCUT2D eigenvalue weighted by Gasteiger charge is 2.18. The molecule has 0 unspecified atom stereocenters. The third kappa shape index (κ3) is 3.59. The van der Waals surface area contributed by atoms with E-state index in [1.54, 1.807) is 19.1 Å². The molecule has 2 aromatic rings. The van der Waals surface area contributed by atoms with Gasteiger partial charge in [0.15, 0.2) is 0 Å². The lowest BCUT2D eigenvalue weighted by Crippen LogP contribution is -2.14. The Bertz CT molecular complexity index is 806. The average Bonchev–Trinajstić information content (AvgIpc) is 2.41. The van der Waals surface area contributed by atoms with E-state index in [2.05, 4.69) is 5.32 Å². The van der Waals surface area contributed by atoms with Gasteiger partial charge in [-0.05, 0) is 36.8 Å². The highest BCUT2D eigenvalue weighted by atomic mass is 35.5. The molecule has 7 heteroatoms. The normalized spacial score (nSPS) is 11.2. The Hall–Kier alpha value is -1.92. The lowest BCUT2D eigenvalue weighted by Gasteiger charge is -2.09. The maximum Gasteiger partial charge on any atom is 0.334 e. The molecule has 0 aliphatic heterocycles. The number of aryl methyl sites for hydroxylation is 1. The molecule has 1 amide bonds. The van der Waals surface area contributed by atoms with Crippen molar-refractivity contribution in [3.05, 3.63) is 58.6 Å².